The zero-order chi connectivity index (χ0) is 20.6. The highest BCUT2D eigenvalue weighted by atomic mass is 35.5. The number of ether oxygens (including phenoxy) is 1. The van der Waals surface area contributed by atoms with E-state index >= 15 is 0 Å². The van der Waals surface area contributed by atoms with Crippen LogP contribution >= 0.6 is 23.2 Å². The van der Waals surface area contributed by atoms with Gasteiger partial charge < -0.3 is 14.5 Å². The summed E-state index contributed by atoms with van der Waals surface area (Å²) in [6.45, 7) is 9.20. The van der Waals surface area contributed by atoms with Gasteiger partial charge in [-0.05, 0) is 40.2 Å². The van der Waals surface area contributed by atoms with Gasteiger partial charge in [-0.2, -0.15) is 0 Å². The van der Waals surface area contributed by atoms with Crippen LogP contribution in [0, 0.1) is 6.92 Å². The molecule has 0 unspecified atom stereocenters. The molecule has 0 atom stereocenters. The fourth-order valence-corrected chi connectivity index (χ4v) is 3.74. The molecule has 0 radical (unpaired) electrons. The highest BCUT2D eigenvalue weighted by molar-refractivity contribution is 6.36. The lowest BCUT2D eigenvalue weighted by atomic mass is 10.2. The Hall–Kier alpha value is -1.99. The Morgan fingerprint density at radius 3 is 2.43 bits per heavy atom. The van der Waals surface area contributed by atoms with E-state index in [9.17, 15) is 9.59 Å². The van der Waals surface area contributed by atoms with Crippen molar-refractivity contribution in [2.24, 2.45) is 0 Å². The molecule has 3 heterocycles. The Balaban J connectivity index is 1.80. The summed E-state index contributed by atoms with van der Waals surface area (Å²) in [5, 5.41) is 0.817. The summed E-state index contributed by atoms with van der Waals surface area (Å²) in [4.78, 5) is 33.3. The molecule has 7 nitrogen and oxygen atoms in total. The monoisotopic (exact) mass is 426 g/mol. The van der Waals surface area contributed by atoms with Gasteiger partial charge in [0.15, 0.2) is 5.65 Å². The fourth-order valence-electron chi connectivity index (χ4n) is 3.22. The molecule has 3 rings (SSSR count). The number of halogens is 2. The Kier molecular flexibility index (Phi) is 5.77. The number of imidazole rings is 1. The van der Waals surface area contributed by atoms with E-state index in [0.29, 0.717) is 59.7 Å². The van der Waals surface area contributed by atoms with Gasteiger partial charge in [0.1, 0.15) is 11.3 Å². The lowest BCUT2D eigenvalue weighted by molar-refractivity contribution is 0.0255. The van der Waals surface area contributed by atoms with E-state index in [4.69, 9.17) is 27.9 Å². The van der Waals surface area contributed by atoms with Crippen LogP contribution in [0.3, 0.4) is 0 Å². The molecule has 1 saturated heterocycles. The number of rotatable bonds is 1. The second-order valence-corrected chi connectivity index (χ2v) is 8.70. The number of nitrogens with zero attached hydrogens (tertiary/aromatic N) is 4. The summed E-state index contributed by atoms with van der Waals surface area (Å²) >= 11 is 12.3. The molecule has 0 bridgehead atoms. The molecule has 0 saturated carbocycles. The van der Waals surface area contributed by atoms with Crippen LogP contribution in [0.2, 0.25) is 10.0 Å². The normalized spacial score (nSPS) is 15.6. The minimum Gasteiger partial charge on any atom is -0.444 e. The topological polar surface area (TPSA) is 67.2 Å². The highest BCUT2D eigenvalue weighted by Crippen LogP contribution is 2.25. The summed E-state index contributed by atoms with van der Waals surface area (Å²) in [6, 6.07) is 1.60. The summed E-state index contributed by atoms with van der Waals surface area (Å²) in [5.41, 5.74) is 0.968. The van der Waals surface area contributed by atoms with Crippen LogP contribution in [-0.4, -0.2) is 63.0 Å². The van der Waals surface area contributed by atoms with E-state index in [-0.39, 0.29) is 12.0 Å². The number of hydrogen-bond acceptors (Lipinski definition) is 4. The first-order valence-corrected chi connectivity index (χ1v) is 9.93. The van der Waals surface area contributed by atoms with Crippen molar-refractivity contribution >= 4 is 40.8 Å². The Morgan fingerprint density at radius 1 is 1.11 bits per heavy atom. The third-order valence-electron chi connectivity index (χ3n) is 4.45. The summed E-state index contributed by atoms with van der Waals surface area (Å²) in [6.07, 6.45) is 1.95. The minimum absolute atomic E-state index is 0.158. The molecule has 28 heavy (non-hydrogen) atoms. The lowest BCUT2D eigenvalue weighted by Gasteiger charge is -2.26. The number of amides is 2. The first-order chi connectivity index (χ1) is 13.1. The quantitative estimate of drug-likeness (QED) is 0.689. The van der Waals surface area contributed by atoms with Crippen molar-refractivity contribution in [1.82, 2.24) is 19.2 Å². The van der Waals surface area contributed by atoms with Crippen molar-refractivity contribution in [2.45, 2.75) is 39.7 Å². The largest absolute Gasteiger partial charge is 0.444 e. The Labute approximate surface area is 174 Å². The number of carbonyl (C=O) groups is 2. The molecular formula is C19H24Cl2N4O3. The summed E-state index contributed by atoms with van der Waals surface area (Å²) in [5.74, 6) is -0.158. The molecule has 2 amide bonds. The maximum Gasteiger partial charge on any atom is 0.410 e. The zero-order valence-electron chi connectivity index (χ0n) is 16.5. The number of aromatic nitrogens is 2. The third-order valence-corrected chi connectivity index (χ3v) is 4.94. The second-order valence-electron chi connectivity index (χ2n) is 7.86. The summed E-state index contributed by atoms with van der Waals surface area (Å²) < 4.78 is 7.08. The van der Waals surface area contributed by atoms with Gasteiger partial charge >= 0.3 is 6.09 Å². The SMILES string of the molecule is Cc1nc2c(Cl)cc(Cl)cn2c1C(=O)N1CCCN(C(=O)OC(C)(C)C)CC1. The van der Waals surface area contributed by atoms with Gasteiger partial charge in [-0.25, -0.2) is 9.78 Å². The predicted molar refractivity (Wildman–Crippen MR) is 108 cm³/mol. The van der Waals surface area contributed by atoms with Gasteiger partial charge in [-0.3, -0.25) is 9.20 Å². The van der Waals surface area contributed by atoms with Crippen LogP contribution < -0.4 is 0 Å². The molecule has 0 aliphatic carbocycles. The second kappa shape index (κ2) is 7.79. The van der Waals surface area contributed by atoms with Crippen molar-refractivity contribution in [3.63, 3.8) is 0 Å². The van der Waals surface area contributed by atoms with Crippen molar-refractivity contribution < 1.29 is 14.3 Å². The maximum absolute atomic E-state index is 13.2. The van der Waals surface area contributed by atoms with Gasteiger partial charge in [-0.15, -0.1) is 0 Å². The van der Waals surface area contributed by atoms with Crippen LogP contribution in [0.1, 0.15) is 43.4 Å². The molecule has 1 aliphatic rings. The molecule has 0 N–H and O–H groups in total. The van der Waals surface area contributed by atoms with E-state index in [1.165, 1.54) is 0 Å². The Bertz CT molecular complexity index is 920. The molecule has 9 heteroatoms. The number of pyridine rings is 1. The molecule has 0 spiro atoms. The smallest absolute Gasteiger partial charge is 0.410 e. The molecule has 2 aromatic heterocycles. The van der Waals surface area contributed by atoms with E-state index in [1.54, 1.807) is 33.4 Å². The van der Waals surface area contributed by atoms with E-state index in [1.807, 2.05) is 20.8 Å². The molecule has 152 valence electrons. The van der Waals surface area contributed by atoms with Crippen LogP contribution in [0.25, 0.3) is 5.65 Å². The number of fused-ring (bicyclic) bond motifs is 1. The highest BCUT2D eigenvalue weighted by Gasteiger charge is 2.28. The van der Waals surface area contributed by atoms with Crippen LogP contribution in [0.4, 0.5) is 4.79 Å². The molecule has 2 aromatic rings. The van der Waals surface area contributed by atoms with Crippen LogP contribution in [0.15, 0.2) is 12.3 Å². The number of hydrogen-bond donors (Lipinski definition) is 0. The minimum atomic E-state index is -0.551. The summed E-state index contributed by atoms with van der Waals surface area (Å²) in [7, 11) is 0. The third kappa shape index (κ3) is 4.36. The van der Waals surface area contributed by atoms with Crippen molar-refractivity contribution in [3.05, 3.63) is 33.7 Å². The van der Waals surface area contributed by atoms with Crippen LogP contribution in [0.5, 0.6) is 0 Å². The van der Waals surface area contributed by atoms with Gasteiger partial charge in [-0.1, -0.05) is 23.2 Å². The zero-order valence-corrected chi connectivity index (χ0v) is 18.0. The first-order valence-electron chi connectivity index (χ1n) is 9.18. The first kappa shape index (κ1) is 20.7. The predicted octanol–water partition coefficient (Wildman–Crippen LogP) is 4.03. The standard InChI is InChI=1S/C19H24Cl2N4O3/c1-12-15(25-11-13(20)10-14(21)16(25)22-12)17(26)23-6-5-7-24(9-8-23)18(27)28-19(2,3)4/h10-11H,5-9H2,1-4H3. The number of carbonyl (C=O) groups excluding carboxylic acids is 2. The molecule has 1 aliphatic heterocycles. The van der Waals surface area contributed by atoms with Crippen molar-refractivity contribution in [1.29, 1.82) is 0 Å². The maximum atomic E-state index is 13.2. The van der Waals surface area contributed by atoms with Crippen molar-refractivity contribution in [3.8, 4) is 0 Å². The van der Waals surface area contributed by atoms with Gasteiger partial charge in [0.2, 0.25) is 0 Å². The van der Waals surface area contributed by atoms with E-state index in [0.717, 1.165) is 0 Å². The fraction of sp³-hybridized carbons (Fsp3) is 0.526. The molecule has 0 aromatic carbocycles. The van der Waals surface area contributed by atoms with E-state index < -0.39 is 5.60 Å². The number of aryl methyl sites for hydroxylation is 1. The van der Waals surface area contributed by atoms with Gasteiger partial charge in [0.25, 0.3) is 5.91 Å². The molecular weight excluding hydrogens is 403 g/mol. The van der Waals surface area contributed by atoms with Gasteiger partial charge in [0, 0.05) is 32.4 Å². The average Bonchev–Trinajstić information content (AvgIpc) is 2.76. The molecule has 1 fully saturated rings. The van der Waals surface area contributed by atoms with Crippen molar-refractivity contribution in [2.75, 3.05) is 26.2 Å². The Morgan fingerprint density at radius 2 is 1.75 bits per heavy atom. The van der Waals surface area contributed by atoms with Crippen LogP contribution in [-0.2, 0) is 4.74 Å². The van der Waals surface area contributed by atoms with E-state index in [2.05, 4.69) is 4.98 Å². The van der Waals surface area contributed by atoms with Gasteiger partial charge in [0.05, 0.1) is 15.7 Å². The average molecular weight is 427 g/mol. The lowest BCUT2D eigenvalue weighted by Crippen LogP contribution is -2.40.